The van der Waals surface area contributed by atoms with Crippen LogP contribution >= 0.6 is 11.6 Å². The van der Waals surface area contributed by atoms with Crippen molar-refractivity contribution >= 4 is 29.1 Å². The highest BCUT2D eigenvalue weighted by atomic mass is 35.5. The minimum atomic E-state index is 0.245. The van der Waals surface area contributed by atoms with Crippen LogP contribution in [0.3, 0.4) is 0 Å². The zero-order chi connectivity index (χ0) is 17.6. The number of halogens is 1. The van der Waals surface area contributed by atoms with Crippen LogP contribution in [0.5, 0.6) is 0 Å². The maximum absolute atomic E-state index is 6.02. The Balaban J connectivity index is 1.70. The molecule has 25 heavy (non-hydrogen) atoms. The number of anilines is 3. The zero-order valence-electron chi connectivity index (χ0n) is 14.0. The lowest BCUT2D eigenvalue weighted by Crippen LogP contribution is -2.18. The predicted molar refractivity (Wildman–Crippen MR) is 103 cm³/mol. The highest BCUT2D eigenvalue weighted by Gasteiger charge is 2.07. The van der Waals surface area contributed by atoms with Crippen molar-refractivity contribution in [1.82, 2.24) is 14.9 Å². The Morgan fingerprint density at radius 2 is 1.80 bits per heavy atom. The summed E-state index contributed by atoms with van der Waals surface area (Å²) in [4.78, 5) is 10.8. The number of nitrogens with two attached hydrogens (primary N) is 1. The fourth-order valence-corrected chi connectivity index (χ4v) is 2.79. The van der Waals surface area contributed by atoms with E-state index in [1.807, 2.05) is 48.5 Å². The molecule has 1 aromatic heterocycles. The average molecular weight is 354 g/mol. The first-order chi connectivity index (χ1) is 12.1. The number of rotatable bonds is 6. The van der Waals surface area contributed by atoms with Gasteiger partial charge >= 0.3 is 0 Å². The van der Waals surface area contributed by atoms with E-state index in [1.54, 1.807) is 0 Å². The molecule has 0 saturated carbocycles. The van der Waals surface area contributed by atoms with Gasteiger partial charge in [0.2, 0.25) is 5.95 Å². The van der Waals surface area contributed by atoms with Crippen LogP contribution in [-0.4, -0.2) is 21.9 Å². The van der Waals surface area contributed by atoms with E-state index in [0.717, 1.165) is 17.9 Å². The summed E-state index contributed by atoms with van der Waals surface area (Å²) >= 11 is 6.02. The first kappa shape index (κ1) is 17.2. The number of benzene rings is 2. The van der Waals surface area contributed by atoms with E-state index in [4.69, 9.17) is 17.3 Å². The normalized spacial score (nSPS) is 10.8. The molecule has 0 atom stereocenters. The summed E-state index contributed by atoms with van der Waals surface area (Å²) in [6.45, 7) is 1.51. The summed E-state index contributed by atoms with van der Waals surface area (Å²) in [6.07, 6.45) is 0. The van der Waals surface area contributed by atoms with E-state index < -0.39 is 0 Å². The van der Waals surface area contributed by atoms with Crippen LogP contribution in [0.4, 0.5) is 17.5 Å². The molecule has 0 aliphatic carbocycles. The highest BCUT2D eigenvalue weighted by molar-refractivity contribution is 6.30. The molecular formula is C19H20ClN5. The van der Waals surface area contributed by atoms with Gasteiger partial charge in [0.25, 0.3) is 0 Å². The van der Waals surface area contributed by atoms with Gasteiger partial charge in [-0.15, -0.1) is 0 Å². The fraction of sp³-hybridized carbons (Fsp3) is 0.158. The van der Waals surface area contributed by atoms with E-state index >= 15 is 0 Å². The Labute approximate surface area is 152 Å². The summed E-state index contributed by atoms with van der Waals surface area (Å²) in [7, 11) is 2.05. The summed E-state index contributed by atoms with van der Waals surface area (Å²) in [5, 5.41) is 3.88. The maximum Gasteiger partial charge on any atom is 0.222 e. The Bertz CT molecular complexity index is 838. The third-order valence-electron chi connectivity index (χ3n) is 3.62. The summed E-state index contributed by atoms with van der Waals surface area (Å²) in [6, 6.07) is 19.7. The van der Waals surface area contributed by atoms with Crippen molar-refractivity contribution in [2.75, 3.05) is 18.1 Å². The van der Waals surface area contributed by atoms with Crippen molar-refractivity contribution in [2.45, 2.75) is 13.1 Å². The molecule has 3 aromatic rings. The average Bonchev–Trinajstić information content (AvgIpc) is 2.55. The number of hydrogen-bond donors (Lipinski definition) is 2. The van der Waals surface area contributed by atoms with Crippen LogP contribution in [0.25, 0.3) is 0 Å². The molecule has 1 heterocycles. The lowest BCUT2D eigenvalue weighted by atomic mass is 10.2. The van der Waals surface area contributed by atoms with Gasteiger partial charge in [0.15, 0.2) is 0 Å². The molecule has 3 rings (SSSR count). The Kier molecular flexibility index (Phi) is 5.48. The first-order valence-electron chi connectivity index (χ1n) is 7.97. The molecule has 0 aliphatic heterocycles. The summed E-state index contributed by atoms with van der Waals surface area (Å²) in [5.41, 5.74) is 8.83. The minimum Gasteiger partial charge on any atom is -0.368 e. The molecule has 5 nitrogen and oxygen atoms in total. The monoisotopic (exact) mass is 353 g/mol. The van der Waals surface area contributed by atoms with E-state index in [-0.39, 0.29) is 5.95 Å². The number of nitrogens with zero attached hydrogens (tertiary/aromatic N) is 3. The smallest absolute Gasteiger partial charge is 0.222 e. The standard InChI is InChI=1S/C19H20ClN5/c1-25(12-14-6-3-2-4-7-14)13-17-11-18(24-19(21)23-17)22-16-9-5-8-15(20)10-16/h2-11H,12-13H2,1H3,(H3,21,22,23,24). The molecule has 3 N–H and O–H groups in total. The van der Waals surface area contributed by atoms with Crippen molar-refractivity contribution in [3.05, 3.63) is 76.9 Å². The SMILES string of the molecule is CN(Cc1ccccc1)Cc1cc(Nc2cccc(Cl)c2)nc(N)n1. The van der Waals surface area contributed by atoms with Crippen molar-refractivity contribution in [3.63, 3.8) is 0 Å². The molecule has 2 aromatic carbocycles. The van der Waals surface area contributed by atoms with Crippen molar-refractivity contribution < 1.29 is 0 Å². The van der Waals surface area contributed by atoms with Gasteiger partial charge in [0.05, 0.1) is 5.69 Å². The van der Waals surface area contributed by atoms with E-state index in [9.17, 15) is 0 Å². The van der Waals surface area contributed by atoms with Gasteiger partial charge in [-0.25, -0.2) is 4.98 Å². The summed E-state index contributed by atoms with van der Waals surface area (Å²) < 4.78 is 0. The third kappa shape index (κ3) is 5.17. The first-order valence-corrected chi connectivity index (χ1v) is 8.35. The van der Waals surface area contributed by atoms with E-state index in [2.05, 4.69) is 39.4 Å². The highest BCUT2D eigenvalue weighted by Crippen LogP contribution is 2.20. The fourth-order valence-electron chi connectivity index (χ4n) is 2.60. The number of nitrogens with one attached hydrogen (secondary N) is 1. The molecular weight excluding hydrogens is 334 g/mol. The lowest BCUT2D eigenvalue weighted by Gasteiger charge is -2.17. The molecule has 0 spiro atoms. The van der Waals surface area contributed by atoms with Gasteiger partial charge in [0.1, 0.15) is 5.82 Å². The van der Waals surface area contributed by atoms with Gasteiger partial charge in [-0.2, -0.15) is 4.98 Å². The van der Waals surface area contributed by atoms with Crippen molar-refractivity contribution in [2.24, 2.45) is 0 Å². The van der Waals surface area contributed by atoms with Crippen LogP contribution in [0.15, 0.2) is 60.7 Å². The van der Waals surface area contributed by atoms with Gasteiger partial charge in [0, 0.05) is 29.9 Å². The summed E-state index contributed by atoms with van der Waals surface area (Å²) in [5.74, 6) is 0.896. The minimum absolute atomic E-state index is 0.245. The molecule has 0 saturated heterocycles. The predicted octanol–water partition coefficient (Wildman–Crippen LogP) is 4.09. The van der Waals surface area contributed by atoms with Gasteiger partial charge < -0.3 is 11.1 Å². The number of nitrogen functional groups attached to an aromatic ring is 1. The molecule has 0 radical (unpaired) electrons. The van der Waals surface area contributed by atoms with E-state index in [0.29, 0.717) is 17.4 Å². The van der Waals surface area contributed by atoms with Crippen molar-refractivity contribution in [3.8, 4) is 0 Å². The number of aromatic nitrogens is 2. The van der Waals surface area contributed by atoms with Gasteiger partial charge in [-0.3, -0.25) is 4.90 Å². The van der Waals surface area contributed by atoms with E-state index in [1.165, 1.54) is 5.56 Å². The largest absolute Gasteiger partial charge is 0.368 e. The van der Waals surface area contributed by atoms with Gasteiger partial charge in [-0.05, 0) is 30.8 Å². The van der Waals surface area contributed by atoms with Crippen LogP contribution in [0, 0.1) is 0 Å². The Morgan fingerprint density at radius 1 is 1.00 bits per heavy atom. The quantitative estimate of drug-likeness (QED) is 0.698. The van der Waals surface area contributed by atoms with Crippen LogP contribution in [0.1, 0.15) is 11.3 Å². The lowest BCUT2D eigenvalue weighted by molar-refractivity contribution is 0.315. The molecule has 0 bridgehead atoms. The molecule has 128 valence electrons. The maximum atomic E-state index is 6.02. The van der Waals surface area contributed by atoms with Gasteiger partial charge in [-0.1, -0.05) is 48.0 Å². The Hall–Kier alpha value is -2.63. The Morgan fingerprint density at radius 3 is 2.56 bits per heavy atom. The third-order valence-corrected chi connectivity index (χ3v) is 3.86. The zero-order valence-corrected chi connectivity index (χ0v) is 14.7. The van der Waals surface area contributed by atoms with Crippen LogP contribution in [-0.2, 0) is 13.1 Å². The molecule has 0 fully saturated rings. The van der Waals surface area contributed by atoms with Crippen molar-refractivity contribution in [1.29, 1.82) is 0 Å². The molecule has 6 heteroatoms. The molecule has 0 aliphatic rings. The topological polar surface area (TPSA) is 67.1 Å². The molecule has 0 amide bonds. The van der Waals surface area contributed by atoms with Crippen LogP contribution < -0.4 is 11.1 Å². The molecule has 0 unspecified atom stereocenters. The number of hydrogen-bond acceptors (Lipinski definition) is 5. The second kappa shape index (κ2) is 7.96. The second-order valence-electron chi connectivity index (χ2n) is 5.90. The second-order valence-corrected chi connectivity index (χ2v) is 6.33. The van der Waals surface area contributed by atoms with Crippen LogP contribution in [0.2, 0.25) is 5.02 Å².